The lowest BCUT2D eigenvalue weighted by Gasteiger charge is -2.14. The molecule has 1 aromatic carbocycles. The molecule has 2 heteroatoms. The summed E-state index contributed by atoms with van der Waals surface area (Å²) in [6, 6.07) is 8.64. The standard InChI is InChI=1S/C14H23NO/c1-11(2)9-12-3-5-13(6-4-12)14(10-15)7-8-16/h3-6,11,14,16H,7-10,15H2,1-2H3. The topological polar surface area (TPSA) is 46.2 Å². The maximum absolute atomic E-state index is 8.95. The van der Waals surface area contributed by atoms with Crippen LogP contribution in [-0.4, -0.2) is 18.3 Å². The van der Waals surface area contributed by atoms with Crippen molar-refractivity contribution in [2.24, 2.45) is 11.7 Å². The van der Waals surface area contributed by atoms with Crippen molar-refractivity contribution in [1.82, 2.24) is 0 Å². The summed E-state index contributed by atoms with van der Waals surface area (Å²) in [5.41, 5.74) is 8.31. The van der Waals surface area contributed by atoms with Crippen LogP contribution in [0, 0.1) is 5.92 Å². The van der Waals surface area contributed by atoms with Crippen molar-refractivity contribution in [2.45, 2.75) is 32.6 Å². The fraction of sp³-hybridized carbons (Fsp3) is 0.571. The highest BCUT2D eigenvalue weighted by atomic mass is 16.3. The van der Waals surface area contributed by atoms with E-state index < -0.39 is 0 Å². The molecule has 0 bridgehead atoms. The van der Waals surface area contributed by atoms with Crippen LogP contribution in [-0.2, 0) is 6.42 Å². The Labute approximate surface area is 98.5 Å². The highest BCUT2D eigenvalue weighted by Crippen LogP contribution is 2.19. The van der Waals surface area contributed by atoms with Crippen LogP contribution >= 0.6 is 0 Å². The Bertz CT molecular complexity index is 292. The lowest BCUT2D eigenvalue weighted by atomic mass is 9.94. The fourth-order valence-electron chi connectivity index (χ4n) is 1.97. The van der Waals surface area contributed by atoms with Gasteiger partial charge in [-0.25, -0.2) is 0 Å². The van der Waals surface area contributed by atoms with Crippen molar-refractivity contribution in [3.63, 3.8) is 0 Å². The zero-order chi connectivity index (χ0) is 12.0. The van der Waals surface area contributed by atoms with Gasteiger partial charge in [-0.2, -0.15) is 0 Å². The average Bonchev–Trinajstić information content (AvgIpc) is 2.26. The van der Waals surface area contributed by atoms with Gasteiger partial charge in [-0.05, 0) is 42.3 Å². The predicted octanol–water partition coefficient (Wildman–Crippen LogP) is 2.31. The lowest BCUT2D eigenvalue weighted by Crippen LogP contribution is -2.13. The molecule has 0 saturated heterocycles. The minimum absolute atomic E-state index is 0.204. The number of benzene rings is 1. The molecular formula is C14H23NO. The molecule has 0 aliphatic rings. The van der Waals surface area contributed by atoms with Crippen LogP contribution in [0.5, 0.6) is 0 Å². The number of rotatable bonds is 6. The van der Waals surface area contributed by atoms with E-state index in [9.17, 15) is 0 Å². The summed E-state index contributed by atoms with van der Waals surface area (Å²) in [5, 5.41) is 8.95. The minimum atomic E-state index is 0.204. The van der Waals surface area contributed by atoms with Gasteiger partial charge >= 0.3 is 0 Å². The molecule has 0 aromatic heterocycles. The minimum Gasteiger partial charge on any atom is -0.396 e. The molecule has 1 atom stereocenters. The third kappa shape index (κ3) is 3.95. The summed E-state index contributed by atoms with van der Waals surface area (Å²) in [4.78, 5) is 0. The summed E-state index contributed by atoms with van der Waals surface area (Å²) < 4.78 is 0. The molecule has 0 radical (unpaired) electrons. The molecule has 0 saturated carbocycles. The van der Waals surface area contributed by atoms with Crippen molar-refractivity contribution in [1.29, 1.82) is 0 Å². The summed E-state index contributed by atoms with van der Waals surface area (Å²) in [5.74, 6) is 0.978. The zero-order valence-corrected chi connectivity index (χ0v) is 10.3. The van der Waals surface area contributed by atoms with Crippen molar-refractivity contribution in [3.05, 3.63) is 35.4 Å². The highest BCUT2D eigenvalue weighted by Gasteiger charge is 2.08. The highest BCUT2D eigenvalue weighted by molar-refractivity contribution is 5.26. The van der Waals surface area contributed by atoms with E-state index in [4.69, 9.17) is 10.8 Å². The van der Waals surface area contributed by atoms with Crippen LogP contribution in [0.3, 0.4) is 0 Å². The van der Waals surface area contributed by atoms with Crippen LogP contribution in [0.2, 0.25) is 0 Å². The molecule has 90 valence electrons. The van der Waals surface area contributed by atoms with Crippen LogP contribution in [0.4, 0.5) is 0 Å². The zero-order valence-electron chi connectivity index (χ0n) is 10.3. The third-order valence-electron chi connectivity index (χ3n) is 2.86. The van der Waals surface area contributed by atoms with E-state index in [0.717, 1.165) is 12.8 Å². The van der Waals surface area contributed by atoms with Crippen molar-refractivity contribution >= 4 is 0 Å². The third-order valence-corrected chi connectivity index (χ3v) is 2.86. The van der Waals surface area contributed by atoms with E-state index in [1.807, 2.05) is 0 Å². The molecule has 16 heavy (non-hydrogen) atoms. The summed E-state index contributed by atoms with van der Waals surface area (Å²) >= 11 is 0. The Morgan fingerprint density at radius 1 is 1.19 bits per heavy atom. The summed E-state index contributed by atoms with van der Waals surface area (Å²) in [6.07, 6.45) is 1.87. The first-order valence-corrected chi connectivity index (χ1v) is 6.07. The molecular weight excluding hydrogens is 198 g/mol. The van der Waals surface area contributed by atoms with Gasteiger partial charge in [-0.1, -0.05) is 38.1 Å². The SMILES string of the molecule is CC(C)Cc1ccc(C(CN)CCO)cc1. The van der Waals surface area contributed by atoms with E-state index in [1.165, 1.54) is 11.1 Å². The van der Waals surface area contributed by atoms with Crippen LogP contribution in [0.25, 0.3) is 0 Å². The van der Waals surface area contributed by atoms with Crippen molar-refractivity contribution in [2.75, 3.05) is 13.2 Å². The van der Waals surface area contributed by atoms with Gasteiger partial charge in [0.2, 0.25) is 0 Å². The number of nitrogens with two attached hydrogens (primary N) is 1. The number of aliphatic hydroxyl groups excluding tert-OH is 1. The lowest BCUT2D eigenvalue weighted by molar-refractivity contribution is 0.276. The molecule has 0 aliphatic heterocycles. The summed E-state index contributed by atoms with van der Waals surface area (Å²) in [7, 11) is 0. The van der Waals surface area contributed by atoms with E-state index >= 15 is 0 Å². The van der Waals surface area contributed by atoms with Gasteiger partial charge in [0.25, 0.3) is 0 Å². The van der Waals surface area contributed by atoms with Crippen LogP contribution in [0.15, 0.2) is 24.3 Å². The smallest absolute Gasteiger partial charge is 0.0437 e. The first-order valence-electron chi connectivity index (χ1n) is 6.07. The second-order valence-corrected chi connectivity index (χ2v) is 4.78. The normalized spacial score (nSPS) is 13.1. The van der Waals surface area contributed by atoms with Gasteiger partial charge in [0, 0.05) is 6.61 Å². The molecule has 1 aromatic rings. The van der Waals surface area contributed by atoms with Gasteiger partial charge in [-0.3, -0.25) is 0 Å². The molecule has 0 fully saturated rings. The second kappa shape index (κ2) is 6.66. The van der Waals surface area contributed by atoms with Crippen LogP contribution < -0.4 is 5.73 Å². The van der Waals surface area contributed by atoms with Gasteiger partial charge in [0.15, 0.2) is 0 Å². The van der Waals surface area contributed by atoms with Gasteiger partial charge in [-0.15, -0.1) is 0 Å². The fourth-order valence-corrected chi connectivity index (χ4v) is 1.97. The molecule has 1 unspecified atom stereocenters. The van der Waals surface area contributed by atoms with Gasteiger partial charge in [0.05, 0.1) is 0 Å². The van der Waals surface area contributed by atoms with E-state index in [0.29, 0.717) is 12.5 Å². The number of hydrogen-bond acceptors (Lipinski definition) is 2. The molecule has 0 amide bonds. The van der Waals surface area contributed by atoms with E-state index in [2.05, 4.69) is 38.1 Å². The monoisotopic (exact) mass is 221 g/mol. The van der Waals surface area contributed by atoms with Crippen molar-refractivity contribution < 1.29 is 5.11 Å². The molecule has 2 nitrogen and oxygen atoms in total. The quantitative estimate of drug-likeness (QED) is 0.774. The molecule has 0 heterocycles. The molecule has 1 rings (SSSR count). The molecule has 0 spiro atoms. The predicted molar refractivity (Wildman–Crippen MR) is 68.5 cm³/mol. The molecule has 3 N–H and O–H groups in total. The first kappa shape index (κ1) is 13.2. The van der Waals surface area contributed by atoms with Crippen LogP contribution in [0.1, 0.15) is 37.3 Å². The Kier molecular flexibility index (Phi) is 5.50. The van der Waals surface area contributed by atoms with Gasteiger partial charge < -0.3 is 10.8 Å². The maximum Gasteiger partial charge on any atom is 0.0437 e. The largest absolute Gasteiger partial charge is 0.396 e. The Morgan fingerprint density at radius 3 is 2.25 bits per heavy atom. The second-order valence-electron chi connectivity index (χ2n) is 4.78. The Balaban J connectivity index is 2.69. The maximum atomic E-state index is 8.95. The molecule has 0 aliphatic carbocycles. The summed E-state index contributed by atoms with van der Waals surface area (Å²) in [6.45, 7) is 5.25. The number of aliphatic hydroxyl groups is 1. The average molecular weight is 221 g/mol. The Morgan fingerprint density at radius 2 is 1.81 bits per heavy atom. The number of hydrogen-bond donors (Lipinski definition) is 2. The van der Waals surface area contributed by atoms with E-state index in [-0.39, 0.29) is 12.5 Å². The van der Waals surface area contributed by atoms with E-state index in [1.54, 1.807) is 0 Å². The van der Waals surface area contributed by atoms with Gasteiger partial charge in [0.1, 0.15) is 0 Å². The Hall–Kier alpha value is -0.860. The van der Waals surface area contributed by atoms with Crippen molar-refractivity contribution in [3.8, 4) is 0 Å². The first-order chi connectivity index (χ1) is 7.67.